The van der Waals surface area contributed by atoms with Crippen molar-refractivity contribution < 1.29 is 0 Å². The van der Waals surface area contributed by atoms with Crippen LogP contribution in [-0.4, -0.2) is 31.1 Å². The highest BCUT2D eigenvalue weighted by Crippen LogP contribution is 2.43. The van der Waals surface area contributed by atoms with Crippen LogP contribution >= 0.6 is 11.3 Å². The summed E-state index contributed by atoms with van der Waals surface area (Å²) in [4.78, 5) is 10.2. The number of hydrogen-bond acceptors (Lipinski definition) is 3. The molecule has 1 aliphatic carbocycles. The quantitative estimate of drug-likeness (QED) is 0.589. The Kier molecular flexibility index (Phi) is 6.08. The number of nitrogens with zero attached hydrogens (tertiary/aromatic N) is 2. The monoisotopic (exact) mass is 356 g/mol. The molecule has 0 unspecified atom stereocenters. The summed E-state index contributed by atoms with van der Waals surface area (Å²) < 4.78 is 0. The van der Waals surface area contributed by atoms with Gasteiger partial charge in [0.05, 0.1) is 5.01 Å². The summed E-state index contributed by atoms with van der Waals surface area (Å²) in [5.41, 5.74) is 1.71. The number of thiazole rings is 1. The Balaban J connectivity index is 1.49. The number of aromatic nitrogens is 1. The maximum absolute atomic E-state index is 4.48. The number of aliphatic imine (C=N–C) groups is 1. The Bertz CT molecular complexity index is 689. The van der Waals surface area contributed by atoms with Crippen molar-refractivity contribution in [2.75, 3.05) is 20.1 Å². The van der Waals surface area contributed by atoms with Gasteiger partial charge in [-0.2, -0.15) is 0 Å². The zero-order chi connectivity index (χ0) is 17.5. The van der Waals surface area contributed by atoms with Crippen LogP contribution in [0, 0.1) is 0 Å². The summed E-state index contributed by atoms with van der Waals surface area (Å²) in [6, 6.07) is 10.9. The molecule has 1 aromatic heterocycles. The van der Waals surface area contributed by atoms with Gasteiger partial charge in [0.2, 0.25) is 0 Å². The fraction of sp³-hybridized carbons (Fsp3) is 0.500. The predicted molar refractivity (Wildman–Crippen MR) is 107 cm³/mol. The van der Waals surface area contributed by atoms with Crippen LogP contribution in [0.1, 0.15) is 41.6 Å². The van der Waals surface area contributed by atoms with Crippen LogP contribution in [0.4, 0.5) is 0 Å². The first-order chi connectivity index (χ1) is 12.3. The van der Waals surface area contributed by atoms with Gasteiger partial charge in [-0.1, -0.05) is 43.7 Å². The molecule has 0 saturated heterocycles. The van der Waals surface area contributed by atoms with Gasteiger partial charge in [-0.3, -0.25) is 4.99 Å². The molecular weight excluding hydrogens is 328 g/mol. The molecule has 3 rings (SSSR count). The average molecular weight is 357 g/mol. The van der Waals surface area contributed by atoms with E-state index in [1.54, 1.807) is 0 Å². The Morgan fingerprint density at radius 1 is 1.24 bits per heavy atom. The van der Waals surface area contributed by atoms with Crippen LogP contribution in [0.15, 0.2) is 41.5 Å². The van der Waals surface area contributed by atoms with Crippen molar-refractivity contribution in [2.24, 2.45) is 4.99 Å². The zero-order valence-electron chi connectivity index (χ0n) is 15.2. The van der Waals surface area contributed by atoms with Crippen molar-refractivity contribution in [3.8, 4) is 0 Å². The smallest absolute Gasteiger partial charge is 0.191 e. The first-order valence-corrected chi connectivity index (χ1v) is 10.0. The minimum absolute atomic E-state index is 0.268. The Labute approximate surface area is 154 Å². The van der Waals surface area contributed by atoms with Crippen molar-refractivity contribution in [1.29, 1.82) is 0 Å². The normalized spacial score (nSPS) is 16.3. The van der Waals surface area contributed by atoms with E-state index in [2.05, 4.69) is 57.9 Å². The molecule has 1 aromatic carbocycles. The lowest BCUT2D eigenvalue weighted by atomic mass is 9.64. The third-order valence-electron chi connectivity index (χ3n) is 5.10. The molecule has 1 aliphatic rings. The standard InChI is InChI=1S/C20H28N4S/c1-3-17-14-23-18(25-17)10-13-22-19(21-2)24-15-20(11-7-12-20)16-8-5-4-6-9-16/h4-6,8-9,14H,3,7,10-13,15H2,1-2H3,(H2,21,22,24). The maximum Gasteiger partial charge on any atom is 0.191 e. The van der Waals surface area contributed by atoms with Gasteiger partial charge >= 0.3 is 0 Å². The fourth-order valence-electron chi connectivity index (χ4n) is 3.35. The number of hydrogen-bond donors (Lipinski definition) is 2. The molecular formula is C20H28N4S. The van der Waals surface area contributed by atoms with Gasteiger partial charge in [0, 0.05) is 43.0 Å². The maximum atomic E-state index is 4.48. The van der Waals surface area contributed by atoms with Crippen molar-refractivity contribution >= 4 is 17.3 Å². The summed E-state index contributed by atoms with van der Waals surface area (Å²) in [7, 11) is 1.84. The van der Waals surface area contributed by atoms with Gasteiger partial charge in [-0.15, -0.1) is 11.3 Å². The SMILES string of the molecule is CCc1cnc(CCNC(=NC)NCC2(c3ccccc3)CCC2)s1. The molecule has 4 nitrogen and oxygen atoms in total. The van der Waals surface area contributed by atoms with Crippen LogP contribution in [0.2, 0.25) is 0 Å². The molecule has 0 atom stereocenters. The number of aryl methyl sites for hydroxylation is 1. The molecule has 25 heavy (non-hydrogen) atoms. The summed E-state index contributed by atoms with van der Waals surface area (Å²) in [5, 5.41) is 8.15. The van der Waals surface area contributed by atoms with E-state index < -0.39 is 0 Å². The van der Waals surface area contributed by atoms with Crippen molar-refractivity contribution in [3.05, 3.63) is 52.0 Å². The molecule has 1 heterocycles. The minimum atomic E-state index is 0.268. The van der Waals surface area contributed by atoms with Crippen molar-refractivity contribution in [3.63, 3.8) is 0 Å². The van der Waals surface area contributed by atoms with E-state index in [1.807, 2.05) is 24.6 Å². The third kappa shape index (κ3) is 4.40. The van der Waals surface area contributed by atoms with Gasteiger partial charge in [0.25, 0.3) is 0 Å². The van der Waals surface area contributed by atoms with Gasteiger partial charge in [0.15, 0.2) is 5.96 Å². The van der Waals surface area contributed by atoms with E-state index >= 15 is 0 Å². The Morgan fingerprint density at radius 3 is 2.64 bits per heavy atom. The molecule has 0 bridgehead atoms. The summed E-state index contributed by atoms with van der Waals surface area (Å²) >= 11 is 1.81. The largest absolute Gasteiger partial charge is 0.356 e. The lowest BCUT2D eigenvalue weighted by molar-refractivity contribution is 0.244. The second-order valence-electron chi connectivity index (χ2n) is 6.68. The summed E-state index contributed by atoms with van der Waals surface area (Å²) in [6.07, 6.45) is 7.81. The molecule has 1 fully saturated rings. The van der Waals surface area contributed by atoms with Crippen LogP contribution in [0.5, 0.6) is 0 Å². The van der Waals surface area contributed by atoms with E-state index in [0.29, 0.717) is 0 Å². The summed E-state index contributed by atoms with van der Waals surface area (Å²) in [5.74, 6) is 0.884. The van der Waals surface area contributed by atoms with E-state index in [4.69, 9.17) is 0 Å². The highest BCUT2D eigenvalue weighted by Gasteiger charge is 2.38. The van der Waals surface area contributed by atoms with Crippen LogP contribution in [-0.2, 0) is 18.3 Å². The lowest BCUT2D eigenvalue weighted by Gasteiger charge is -2.43. The topological polar surface area (TPSA) is 49.3 Å². The third-order valence-corrected chi connectivity index (χ3v) is 6.30. The second kappa shape index (κ2) is 8.48. The first-order valence-electron chi connectivity index (χ1n) is 9.19. The number of nitrogens with one attached hydrogen (secondary N) is 2. The molecule has 2 aromatic rings. The van der Waals surface area contributed by atoms with Gasteiger partial charge < -0.3 is 10.6 Å². The molecule has 0 spiro atoms. The van der Waals surface area contributed by atoms with Crippen LogP contribution < -0.4 is 10.6 Å². The molecule has 0 amide bonds. The van der Waals surface area contributed by atoms with Gasteiger partial charge in [0.1, 0.15) is 0 Å². The highest BCUT2D eigenvalue weighted by molar-refractivity contribution is 7.11. The Morgan fingerprint density at radius 2 is 2.04 bits per heavy atom. The van der Waals surface area contributed by atoms with Crippen molar-refractivity contribution in [2.45, 2.75) is 44.4 Å². The molecule has 2 N–H and O–H groups in total. The molecule has 134 valence electrons. The van der Waals surface area contributed by atoms with E-state index in [0.717, 1.165) is 31.9 Å². The molecule has 0 aliphatic heterocycles. The zero-order valence-corrected chi connectivity index (χ0v) is 16.0. The predicted octanol–water partition coefficient (Wildman–Crippen LogP) is 3.53. The summed E-state index contributed by atoms with van der Waals surface area (Å²) in [6.45, 7) is 3.97. The molecule has 0 radical (unpaired) electrons. The Hall–Kier alpha value is -1.88. The average Bonchev–Trinajstić information content (AvgIpc) is 3.08. The fourth-order valence-corrected chi connectivity index (χ4v) is 4.21. The lowest BCUT2D eigenvalue weighted by Crippen LogP contribution is -2.49. The van der Waals surface area contributed by atoms with E-state index in [-0.39, 0.29) is 5.41 Å². The van der Waals surface area contributed by atoms with E-state index in [1.165, 1.54) is 34.7 Å². The minimum Gasteiger partial charge on any atom is -0.356 e. The molecule has 1 saturated carbocycles. The van der Waals surface area contributed by atoms with Gasteiger partial charge in [-0.05, 0) is 24.8 Å². The highest BCUT2D eigenvalue weighted by atomic mass is 32.1. The number of benzene rings is 1. The van der Waals surface area contributed by atoms with Crippen LogP contribution in [0.25, 0.3) is 0 Å². The van der Waals surface area contributed by atoms with E-state index in [9.17, 15) is 0 Å². The number of rotatable bonds is 7. The second-order valence-corrected chi connectivity index (χ2v) is 7.88. The van der Waals surface area contributed by atoms with Gasteiger partial charge in [-0.25, -0.2) is 4.98 Å². The molecule has 5 heteroatoms. The van der Waals surface area contributed by atoms with Crippen LogP contribution in [0.3, 0.4) is 0 Å². The first kappa shape index (κ1) is 17.9. The number of guanidine groups is 1. The van der Waals surface area contributed by atoms with Crippen molar-refractivity contribution in [1.82, 2.24) is 15.6 Å².